The molecule has 15 heavy (non-hydrogen) atoms. The lowest BCUT2D eigenvalue weighted by Crippen LogP contribution is -1.97. The topological polar surface area (TPSA) is 61.1 Å². The minimum atomic E-state index is -1.24. The molecule has 0 amide bonds. The molecule has 0 spiro atoms. The molecule has 0 unspecified atom stereocenters. The Morgan fingerprint density at radius 2 is 2.27 bits per heavy atom. The number of halogens is 1. The fourth-order valence-corrected chi connectivity index (χ4v) is 1.20. The zero-order chi connectivity index (χ0) is 11.4. The van der Waals surface area contributed by atoms with Crippen LogP contribution in [0.4, 0.5) is 0 Å². The second-order valence-corrected chi connectivity index (χ2v) is 3.39. The Morgan fingerprint density at radius 1 is 1.60 bits per heavy atom. The first kappa shape index (κ1) is 11.3. The summed E-state index contributed by atoms with van der Waals surface area (Å²) in [5.74, 6) is -1.24. The van der Waals surface area contributed by atoms with Crippen molar-refractivity contribution < 1.29 is 9.90 Å². The van der Waals surface area contributed by atoms with Gasteiger partial charge in [-0.15, -0.1) is 0 Å². The van der Waals surface area contributed by atoms with Crippen LogP contribution in [0.25, 0.3) is 6.08 Å². The highest BCUT2D eigenvalue weighted by atomic mass is 35.5. The van der Waals surface area contributed by atoms with Gasteiger partial charge in [-0.3, -0.25) is 0 Å². The lowest BCUT2D eigenvalue weighted by molar-refractivity contribution is -0.132. The molecule has 0 heterocycles. The first-order chi connectivity index (χ1) is 7.04. The lowest BCUT2D eigenvalue weighted by Gasteiger charge is -1.99. The van der Waals surface area contributed by atoms with Gasteiger partial charge in [-0.1, -0.05) is 23.7 Å². The molecule has 0 aliphatic rings. The van der Waals surface area contributed by atoms with Gasteiger partial charge in [0, 0.05) is 5.02 Å². The molecule has 0 radical (unpaired) electrons. The van der Waals surface area contributed by atoms with Crippen LogP contribution in [-0.4, -0.2) is 11.1 Å². The van der Waals surface area contributed by atoms with Gasteiger partial charge in [-0.05, 0) is 30.2 Å². The average molecular weight is 222 g/mol. The van der Waals surface area contributed by atoms with E-state index in [9.17, 15) is 4.79 Å². The third-order valence-electron chi connectivity index (χ3n) is 1.86. The Bertz CT molecular complexity index is 472. The number of aliphatic carboxylic acids is 1. The van der Waals surface area contributed by atoms with Crippen LogP contribution in [0, 0.1) is 18.3 Å². The highest BCUT2D eigenvalue weighted by Crippen LogP contribution is 2.18. The Labute approximate surface area is 92.2 Å². The summed E-state index contributed by atoms with van der Waals surface area (Å²) < 4.78 is 0. The van der Waals surface area contributed by atoms with E-state index >= 15 is 0 Å². The van der Waals surface area contributed by atoms with Gasteiger partial charge in [0.1, 0.15) is 11.6 Å². The second-order valence-electron chi connectivity index (χ2n) is 2.98. The molecule has 1 aromatic rings. The van der Waals surface area contributed by atoms with Gasteiger partial charge in [0.2, 0.25) is 0 Å². The van der Waals surface area contributed by atoms with E-state index in [-0.39, 0.29) is 5.57 Å². The third-order valence-corrected chi connectivity index (χ3v) is 2.26. The van der Waals surface area contributed by atoms with Crippen molar-refractivity contribution in [1.82, 2.24) is 0 Å². The van der Waals surface area contributed by atoms with Gasteiger partial charge in [-0.25, -0.2) is 4.79 Å². The van der Waals surface area contributed by atoms with Crippen LogP contribution in [0.3, 0.4) is 0 Å². The van der Waals surface area contributed by atoms with Crippen LogP contribution < -0.4 is 0 Å². The van der Waals surface area contributed by atoms with Crippen LogP contribution in [0.2, 0.25) is 5.02 Å². The molecular formula is C11H8ClNO2. The van der Waals surface area contributed by atoms with E-state index in [4.69, 9.17) is 22.0 Å². The minimum Gasteiger partial charge on any atom is -0.477 e. The van der Waals surface area contributed by atoms with Crippen LogP contribution in [0.15, 0.2) is 23.8 Å². The molecule has 0 saturated carbocycles. The van der Waals surface area contributed by atoms with Crippen molar-refractivity contribution in [2.45, 2.75) is 6.92 Å². The maximum atomic E-state index is 10.6. The Balaban J connectivity index is 3.14. The number of aryl methyl sites for hydroxylation is 1. The molecular weight excluding hydrogens is 214 g/mol. The van der Waals surface area contributed by atoms with Gasteiger partial charge >= 0.3 is 5.97 Å². The van der Waals surface area contributed by atoms with Crippen LogP contribution in [-0.2, 0) is 4.79 Å². The van der Waals surface area contributed by atoms with Crippen LogP contribution >= 0.6 is 11.6 Å². The molecule has 0 fully saturated rings. The molecule has 1 rings (SSSR count). The average Bonchev–Trinajstić information content (AvgIpc) is 2.19. The maximum absolute atomic E-state index is 10.6. The second kappa shape index (κ2) is 4.63. The monoisotopic (exact) mass is 221 g/mol. The Kier molecular flexibility index (Phi) is 3.48. The molecule has 0 bridgehead atoms. The summed E-state index contributed by atoms with van der Waals surface area (Å²) in [6.45, 7) is 1.85. The number of hydrogen-bond donors (Lipinski definition) is 1. The highest BCUT2D eigenvalue weighted by molar-refractivity contribution is 6.31. The van der Waals surface area contributed by atoms with Gasteiger partial charge < -0.3 is 5.11 Å². The highest BCUT2D eigenvalue weighted by Gasteiger charge is 2.05. The van der Waals surface area contributed by atoms with E-state index in [0.717, 1.165) is 5.56 Å². The summed E-state index contributed by atoms with van der Waals surface area (Å²) in [7, 11) is 0. The standard InChI is InChI=1S/C11H8ClNO2/c1-7-2-3-8(5-10(7)12)4-9(6-13)11(14)15/h2-5H,1H3,(H,14,15)/b9-4-. The number of benzene rings is 1. The number of carboxylic acids is 1. The maximum Gasteiger partial charge on any atom is 0.346 e. The fraction of sp³-hybridized carbons (Fsp3) is 0.0909. The number of hydrogen-bond acceptors (Lipinski definition) is 2. The molecule has 0 atom stereocenters. The summed E-state index contributed by atoms with van der Waals surface area (Å²) in [5, 5.41) is 17.7. The van der Waals surface area contributed by atoms with Crippen molar-refractivity contribution in [2.75, 3.05) is 0 Å². The first-order valence-electron chi connectivity index (χ1n) is 4.16. The van der Waals surface area contributed by atoms with E-state index < -0.39 is 5.97 Å². The van der Waals surface area contributed by atoms with E-state index in [1.165, 1.54) is 6.08 Å². The summed E-state index contributed by atoms with van der Waals surface area (Å²) >= 11 is 5.86. The molecule has 0 aliphatic carbocycles. The first-order valence-corrected chi connectivity index (χ1v) is 4.53. The van der Waals surface area contributed by atoms with Crippen molar-refractivity contribution in [3.63, 3.8) is 0 Å². The third kappa shape index (κ3) is 2.83. The van der Waals surface area contributed by atoms with Gasteiger partial charge in [-0.2, -0.15) is 5.26 Å². The predicted molar refractivity (Wildman–Crippen MR) is 57.4 cm³/mol. The number of carbonyl (C=O) groups is 1. The summed E-state index contributed by atoms with van der Waals surface area (Å²) in [6, 6.07) is 6.70. The van der Waals surface area contributed by atoms with Gasteiger partial charge in [0.15, 0.2) is 0 Å². The predicted octanol–water partition coefficient (Wildman–Crippen LogP) is 2.64. The van der Waals surface area contributed by atoms with E-state index in [1.807, 2.05) is 6.92 Å². The molecule has 1 aromatic carbocycles. The SMILES string of the molecule is Cc1ccc(/C=C(/C#N)C(=O)O)cc1Cl. The van der Waals surface area contributed by atoms with Crippen molar-refractivity contribution in [1.29, 1.82) is 5.26 Å². The Hall–Kier alpha value is -1.79. The molecule has 4 heteroatoms. The quantitative estimate of drug-likeness (QED) is 0.617. The molecule has 1 N–H and O–H groups in total. The van der Waals surface area contributed by atoms with Gasteiger partial charge in [0.25, 0.3) is 0 Å². The fourth-order valence-electron chi connectivity index (χ4n) is 1.01. The van der Waals surface area contributed by atoms with Crippen molar-refractivity contribution in [3.05, 3.63) is 39.9 Å². The zero-order valence-corrected chi connectivity index (χ0v) is 8.75. The van der Waals surface area contributed by atoms with E-state index in [0.29, 0.717) is 10.6 Å². The summed E-state index contributed by atoms with van der Waals surface area (Å²) in [6.07, 6.45) is 1.29. The number of nitrogens with zero attached hydrogens (tertiary/aromatic N) is 1. The molecule has 0 saturated heterocycles. The molecule has 76 valence electrons. The number of nitriles is 1. The Morgan fingerprint density at radius 3 is 2.73 bits per heavy atom. The van der Waals surface area contributed by atoms with Crippen LogP contribution in [0.5, 0.6) is 0 Å². The van der Waals surface area contributed by atoms with Crippen molar-refractivity contribution in [3.8, 4) is 6.07 Å². The molecule has 0 aromatic heterocycles. The lowest BCUT2D eigenvalue weighted by atomic mass is 10.1. The largest absolute Gasteiger partial charge is 0.477 e. The van der Waals surface area contributed by atoms with Crippen molar-refractivity contribution in [2.24, 2.45) is 0 Å². The van der Waals surface area contributed by atoms with Crippen molar-refractivity contribution >= 4 is 23.6 Å². The zero-order valence-electron chi connectivity index (χ0n) is 7.99. The smallest absolute Gasteiger partial charge is 0.346 e. The van der Waals surface area contributed by atoms with Gasteiger partial charge in [0.05, 0.1) is 0 Å². The normalized spacial score (nSPS) is 10.9. The summed E-state index contributed by atoms with van der Waals surface area (Å²) in [5.41, 5.74) is 1.20. The molecule has 0 aliphatic heterocycles. The minimum absolute atomic E-state index is 0.310. The summed E-state index contributed by atoms with van der Waals surface area (Å²) in [4.78, 5) is 10.6. The van der Waals surface area contributed by atoms with E-state index in [2.05, 4.69) is 0 Å². The molecule has 3 nitrogen and oxygen atoms in total. The number of rotatable bonds is 2. The number of carboxylic acid groups (broad SMARTS) is 1. The van der Waals surface area contributed by atoms with E-state index in [1.54, 1.807) is 24.3 Å². The van der Waals surface area contributed by atoms with Crippen LogP contribution in [0.1, 0.15) is 11.1 Å².